The Labute approximate surface area is 125 Å². The summed E-state index contributed by atoms with van der Waals surface area (Å²) in [6, 6.07) is 16.5. The van der Waals surface area contributed by atoms with Crippen molar-refractivity contribution >= 4 is 0 Å². The van der Waals surface area contributed by atoms with Gasteiger partial charge in [0.25, 0.3) is 0 Å². The largest absolute Gasteiger partial charge is 0.490 e. The Morgan fingerprint density at radius 2 is 1.71 bits per heavy atom. The van der Waals surface area contributed by atoms with Crippen LogP contribution in [0.15, 0.2) is 48.5 Å². The summed E-state index contributed by atoms with van der Waals surface area (Å²) in [5.74, 6) is 1.65. The van der Waals surface area contributed by atoms with Gasteiger partial charge in [0.15, 0.2) is 11.5 Å². The zero-order chi connectivity index (χ0) is 14.5. The van der Waals surface area contributed by atoms with Gasteiger partial charge in [-0.3, -0.25) is 0 Å². The Morgan fingerprint density at radius 1 is 0.952 bits per heavy atom. The molecule has 3 heteroatoms. The number of ether oxygens (including phenoxy) is 2. The van der Waals surface area contributed by atoms with E-state index in [4.69, 9.17) is 15.2 Å². The molecule has 1 unspecified atom stereocenters. The molecule has 110 valence electrons. The first-order chi connectivity index (χ1) is 10.3. The number of fused-ring (bicyclic) bond motifs is 1. The van der Waals surface area contributed by atoms with Crippen LogP contribution in [0.5, 0.6) is 11.5 Å². The second kappa shape index (κ2) is 6.64. The van der Waals surface area contributed by atoms with Crippen molar-refractivity contribution in [3.63, 3.8) is 0 Å². The van der Waals surface area contributed by atoms with Gasteiger partial charge in [-0.25, -0.2) is 0 Å². The molecule has 3 rings (SSSR count). The summed E-state index contributed by atoms with van der Waals surface area (Å²) in [5, 5.41) is 0. The molecule has 0 spiro atoms. The van der Waals surface area contributed by atoms with Crippen LogP contribution in [0, 0.1) is 0 Å². The molecule has 2 aromatic carbocycles. The van der Waals surface area contributed by atoms with Crippen molar-refractivity contribution in [2.75, 3.05) is 13.2 Å². The molecule has 0 saturated carbocycles. The molecule has 0 radical (unpaired) electrons. The van der Waals surface area contributed by atoms with Crippen LogP contribution in [0.3, 0.4) is 0 Å². The van der Waals surface area contributed by atoms with E-state index in [2.05, 4.69) is 24.3 Å². The molecule has 0 bridgehead atoms. The first-order valence-corrected chi connectivity index (χ1v) is 7.52. The van der Waals surface area contributed by atoms with E-state index in [1.807, 2.05) is 24.3 Å². The zero-order valence-corrected chi connectivity index (χ0v) is 12.1. The van der Waals surface area contributed by atoms with Crippen LogP contribution in [0.2, 0.25) is 0 Å². The molecule has 0 fully saturated rings. The Balaban J connectivity index is 1.67. The number of rotatable bonds is 4. The van der Waals surface area contributed by atoms with Crippen molar-refractivity contribution in [1.29, 1.82) is 0 Å². The van der Waals surface area contributed by atoms with Crippen molar-refractivity contribution in [2.24, 2.45) is 5.73 Å². The van der Waals surface area contributed by atoms with E-state index < -0.39 is 0 Å². The zero-order valence-electron chi connectivity index (χ0n) is 12.1. The maximum atomic E-state index is 6.32. The first-order valence-electron chi connectivity index (χ1n) is 7.52. The average molecular weight is 283 g/mol. The second-order valence-electron chi connectivity index (χ2n) is 5.39. The van der Waals surface area contributed by atoms with Gasteiger partial charge >= 0.3 is 0 Å². The summed E-state index contributed by atoms with van der Waals surface area (Å²) >= 11 is 0. The van der Waals surface area contributed by atoms with E-state index in [0.717, 1.165) is 36.3 Å². The quantitative estimate of drug-likeness (QED) is 0.934. The van der Waals surface area contributed by atoms with Gasteiger partial charge in [-0.2, -0.15) is 0 Å². The highest BCUT2D eigenvalue weighted by Gasteiger charge is 2.13. The van der Waals surface area contributed by atoms with Crippen LogP contribution >= 0.6 is 0 Å². The summed E-state index contributed by atoms with van der Waals surface area (Å²) in [6.07, 6.45) is 2.82. The van der Waals surface area contributed by atoms with Crippen LogP contribution in [0.1, 0.15) is 30.0 Å². The van der Waals surface area contributed by atoms with E-state index in [-0.39, 0.29) is 6.04 Å². The fourth-order valence-electron chi connectivity index (χ4n) is 2.54. The molecular weight excluding hydrogens is 262 g/mol. The van der Waals surface area contributed by atoms with Crippen molar-refractivity contribution < 1.29 is 9.47 Å². The van der Waals surface area contributed by atoms with Crippen molar-refractivity contribution in [1.82, 2.24) is 0 Å². The topological polar surface area (TPSA) is 44.5 Å². The monoisotopic (exact) mass is 283 g/mol. The lowest BCUT2D eigenvalue weighted by Gasteiger charge is -2.15. The highest BCUT2D eigenvalue weighted by Crippen LogP contribution is 2.32. The van der Waals surface area contributed by atoms with E-state index in [9.17, 15) is 0 Å². The number of hydrogen-bond donors (Lipinski definition) is 1. The second-order valence-corrected chi connectivity index (χ2v) is 5.39. The summed E-state index contributed by atoms with van der Waals surface area (Å²) in [6.45, 7) is 1.42. The molecule has 0 aliphatic carbocycles. The van der Waals surface area contributed by atoms with Crippen LogP contribution in [-0.2, 0) is 6.42 Å². The number of nitrogens with two attached hydrogens (primary N) is 1. The number of benzene rings is 2. The van der Waals surface area contributed by atoms with Crippen LogP contribution in [0.4, 0.5) is 0 Å². The number of aryl methyl sites for hydroxylation is 1. The predicted molar refractivity (Wildman–Crippen MR) is 83.7 cm³/mol. The molecule has 2 aromatic rings. The Kier molecular flexibility index (Phi) is 4.41. The third-order valence-corrected chi connectivity index (χ3v) is 3.79. The summed E-state index contributed by atoms with van der Waals surface area (Å²) < 4.78 is 11.4. The standard InChI is InChI=1S/C18H21NO2/c19-16(9-7-14-5-2-1-3-6-14)15-8-10-17-18(13-15)21-12-4-11-20-17/h1-3,5-6,8,10,13,16H,4,7,9,11-12,19H2. The van der Waals surface area contributed by atoms with Gasteiger partial charge < -0.3 is 15.2 Å². The maximum absolute atomic E-state index is 6.32. The Morgan fingerprint density at radius 3 is 2.52 bits per heavy atom. The molecular formula is C18H21NO2. The van der Waals surface area contributed by atoms with Crippen LogP contribution in [0.25, 0.3) is 0 Å². The lowest BCUT2D eigenvalue weighted by atomic mass is 9.99. The fourth-order valence-corrected chi connectivity index (χ4v) is 2.54. The smallest absolute Gasteiger partial charge is 0.161 e. The van der Waals surface area contributed by atoms with E-state index >= 15 is 0 Å². The van der Waals surface area contributed by atoms with E-state index in [0.29, 0.717) is 13.2 Å². The highest BCUT2D eigenvalue weighted by molar-refractivity contribution is 5.44. The molecule has 0 aromatic heterocycles. The molecule has 0 saturated heterocycles. The summed E-state index contributed by atoms with van der Waals surface area (Å²) in [4.78, 5) is 0. The normalized spacial score (nSPS) is 15.3. The highest BCUT2D eigenvalue weighted by atomic mass is 16.5. The van der Waals surface area contributed by atoms with Crippen LogP contribution in [-0.4, -0.2) is 13.2 Å². The van der Waals surface area contributed by atoms with Gasteiger partial charge in [0.05, 0.1) is 13.2 Å². The molecule has 0 amide bonds. The van der Waals surface area contributed by atoms with Gasteiger partial charge in [0, 0.05) is 12.5 Å². The van der Waals surface area contributed by atoms with E-state index in [1.165, 1.54) is 5.56 Å². The maximum Gasteiger partial charge on any atom is 0.161 e. The Bertz CT molecular complexity index is 583. The Hall–Kier alpha value is -2.00. The average Bonchev–Trinajstić information content (AvgIpc) is 2.78. The summed E-state index contributed by atoms with van der Waals surface area (Å²) in [7, 11) is 0. The molecule has 1 aliphatic heterocycles. The minimum absolute atomic E-state index is 0.0161. The third kappa shape index (κ3) is 3.56. The molecule has 1 atom stereocenters. The molecule has 1 aliphatic rings. The molecule has 3 nitrogen and oxygen atoms in total. The van der Waals surface area contributed by atoms with Gasteiger partial charge in [-0.15, -0.1) is 0 Å². The third-order valence-electron chi connectivity index (χ3n) is 3.79. The number of hydrogen-bond acceptors (Lipinski definition) is 3. The van der Waals surface area contributed by atoms with Gasteiger partial charge in [-0.1, -0.05) is 36.4 Å². The minimum Gasteiger partial charge on any atom is -0.490 e. The fraction of sp³-hybridized carbons (Fsp3) is 0.333. The summed E-state index contributed by atoms with van der Waals surface area (Å²) in [5.41, 5.74) is 8.75. The molecule has 21 heavy (non-hydrogen) atoms. The van der Waals surface area contributed by atoms with Gasteiger partial charge in [0.1, 0.15) is 0 Å². The predicted octanol–water partition coefficient (Wildman–Crippen LogP) is 3.48. The van der Waals surface area contributed by atoms with Crippen molar-refractivity contribution in [3.8, 4) is 11.5 Å². The minimum atomic E-state index is 0.0161. The van der Waals surface area contributed by atoms with Crippen molar-refractivity contribution in [3.05, 3.63) is 59.7 Å². The van der Waals surface area contributed by atoms with Gasteiger partial charge in [-0.05, 0) is 36.1 Å². The SMILES string of the molecule is NC(CCc1ccccc1)c1ccc2c(c1)OCCCO2. The first kappa shape index (κ1) is 14.0. The lowest BCUT2D eigenvalue weighted by molar-refractivity contribution is 0.297. The van der Waals surface area contributed by atoms with E-state index in [1.54, 1.807) is 0 Å². The van der Waals surface area contributed by atoms with Crippen LogP contribution < -0.4 is 15.2 Å². The molecule has 2 N–H and O–H groups in total. The molecule has 1 heterocycles. The van der Waals surface area contributed by atoms with Gasteiger partial charge in [0.2, 0.25) is 0 Å². The van der Waals surface area contributed by atoms with Crippen molar-refractivity contribution in [2.45, 2.75) is 25.3 Å². The lowest BCUT2D eigenvalue weighted by Crippen LogP contribution is -2.11.